The second-order valence-electron chi connectivity index (χ2n) is 4.63. The van der Waals surface area contributed by atoms with E-state index in [1.165, 1.54) is 5.56 Å². The van der Waals surface area contributed by atoms with Crippen LogP contribution >= 0.6 is 27.5 Å². The van der Waals surface area contributed by atoms with Crippen LogP contribution < -0.4 is 5.73 Å². The van der Waals surface area contributed by atoms with Gasteiger partial charge in [-0.3, -0.25) is 0 Å². The molecule has 2 aromatic carbocycles. The van der Waals surface area contributed by atoms with Crippen LogP contribution in [0.5, 0.6) is 0 Å². The van der Waals surface area contributed by atoms with E-state index in [4.69, 9.17) is 22.1 Å². The van der Waals surface area contributed by atoms with Gasteiger partial charge in [0.15, 0.2) is 0 Å². The van der Waals surface area contributed by atoms with E-state index >= 15 is 0 Å². The lowest BCUT2D eigenvalue weighted by molar-refractivity contribution is 0.202. The molecule has 4 heteroatoms. The second kappa shape index (κ2) is 7.23. The lowest BCUT2D eigenvalue weighted by atomic mass is 9.98. The maximum atomic E-state index is 6.32. The minimum atomic E-state index is -0.168. The van der Waals surface area contributed by atoms with Gasteiger partial charge >= 0.3 is 0 Å². The van der Waals surface area contributed by atoms with Gasteiger partial charge in [-0.2, -0.15) is 0 Å². The molecule has 0 saturated heterocycles. The highest BCUT2D eigenvalue weighted by molar-refractivity contribution is 9.10. The molecular formula is C16H17BrClNO. The Morgan fingerprint density at radius 3 is 2.50 bits per heavy atom. The van der Waals surface area contributed by atoms with E-state index < -0.39 is 0 Å². The number of rotatable bonds is 5. The lowest BCUT2D eigenvalue weighted by Crippen LogP contribution is -2.12. The van der Waals surface area contributed by atoms with Crippen LogP contribution in [0, 0.1) is 0 Å². The predicted octanol–water partition coefficient (Wildman–Crippen LogP) is 4.34. The van der Waals surface area contributed by atoms with Gasteiger partial charge in [0.2, 0.25) is 0 Å². The molecule has 1 unspecified atom stereocenters. The first kappa shape index (κ1) is 15.5. The van der Waals surface area contributed by atoms with Gasteiger partial charge in [-0.25, -0.2) is 0 Å². The summed E-state index contributed by atoms with van der Waals surface area (Å²) in [5.41, 5.74) is 9.67. The summed E-state index contributed by atoms with van der Waals surface area (Å²) >= 11 is 9.47. The minimum absolute atomic E-state index is 0.168. The van der Waals surface area contributed by atoms with Crippen molar-refractivity contribution in [3.63, 3.8) is 0 Å². The number of ether oxygens (including phenoxy) is 1. The van der Waals surface area contributed by atoms with Gasteiger partial charge in [-0.1, -0.05) is 57.9 Å². The third kappa shape index (κ3) is 3.83. The minimum Gasteiger partial charge on any atom is -0.384 e. The summed E-state index contributed by atoms with van der Waals surface area (Å²) in [4.78, 5) is 0. The number of benzene rings is 2. The smallest absolute Gasteiger partial charge is 0.0562 e. The van der Waals surface area contributed by atoms with Crippen molar-refractivity contribution in [2.24, 2.45) is 5.73 Å². The molecule has 106 valence electrons. The first-order valence-electron chi connectivity index (χ1n) is 6.40. The third-order valence-corrected chi connectivity index (χ3v) is 4.15. The molecule has 2 aromatic rings. The van der Waals surface area contributed by atoms with Crippen LogP contribution in [-0.2, 0) is 11.2 Å². The summed E-state index contributed by atoms with van der Waals surface area (Å²) in [7, 11) is 1.71. The van der Waals surface area contributed by atoms with Crippen molar-refractivity contribution in [2.45, 2.75) is 12.5 Å². The SMILES string of the molecule is COCCc1ccc(C(N)c2ccc(Cl)cc2Br)cc1. The zero-order valence-corrected chi connectivity index (χ0v) is 13.6. The molecule has 20 heavy (non-hydrogen) atoms. The molecule has 1 atom stereocenters. The largest absolute Gasteiger partial charge is 0.384 e. The highest BCUT2D eigenvalue weighted by Gasteiger charge is 2.12. The van der Waals surface area contributed by atoms with Crippen molar-refractivity contribution in [3.05, 3.63) is 68.7 Å². The molecule has 0 heterocycles. The molecular weight excluding hydrogens is 338 g/mol. The monoisotopic (exact) mass is 353 g/mol. The molecule has 2 N–H and O–H groups in total. The van der Waals surface area contributed by atoms with Crippen LogP contribution in [0.25, 0.3) is 0 Å². The number of nitrogens with two attached hydrogens (primary N) is 1. The van der Waals surface area contributed by atoms with Gasteiger partial charge in [-0.15, -0.1) is 0 Å². The van der Waals surface area contributed by atoms with E-state index in [2.05, 4.69) is 40.2 Å². The summed E-state index contributed by atoms with van der Waals surface area (Å²) in [6.07, 6.45) is 0.913. The van der Waals surface area contributed by atoms with Gasteiger partial charge in [0.25, 0.3) is 0 Å². The van der Waals surface area contributed by atoms with Crippen molar-refractivity contribution in [2.75, 3.05) is 13.7 Å². The van der Waals surface area contributed by atoms with E-state index in [1.807, 2.05) is 18.2 Å². The summed E-state index contributed by atoms with van der Waals surface area (Å²) in [6, 6.07) is 13.8. The van der Waals surface area contributed by atoms with E-state index in [1.54, 1.807) is 7.11 Å². The Morgan fingerprint density at radius 1 is 1.20 bits per heavy atom. The van der Waals surface area contributed by atoms with Gasteiger partial charge in [-0.05, 0) is 35.2 Å². The summed E-state index contributed by atoms with van der Waals surface area (Å²) in [5, 5.41) is 0.697. The standard InChI is InChI=1S/C16H17BrClNO/c1-20-9-8-11-2-4-12(5-3-11)16(19)14-7-6-13(18)10-15(14)17/h2-7,10,16H,8-9,19H2,1H3. The normalized spacial score (nSPS) is 12.4. The van der Waals surface area contributed by atoms with Crippen molar-refractivity contribution in [1.82, 2.24) is 0 Å². The van der Waals surface area contributed by atoms with E-state index in [-0.39, 0.29) is 6.04 Å². The van der Waals surface area contributed by atoms with Crippen molar-refractivity contribution in [1.29, 1.82) is 0 Å². The van der Waals surface area contributed by atoms with Crippen LogP contribution in [0.4, 0.5) is 0 Å². The number of halogens is 2. The Kier molecular flexibility index (Phi) is 5.61. The van der Waals surface area contributed by atoms with E-state index in [9.17, 15) is 0 Å². The Bertz CT molecular complexity index is 571. The predicted molar refractivity (Wildman–Crippen MR) is 87.2 cm³/mol. The molecule has 0 aliphatic rings. The fourth-order valence-corrected chi connectivity index (χ4v) is 2.97. The van der Waals surface area contributed by atoms with Gasteiger partial charge in [0.1, 0.15) is 0 Å². The molecule has 2 nitrogen and oxygen atoms in total. The maximum absolute atomic E-state index is 6.32. The quantitative estimate of drug-likeness (QED) is 0.867. The molecule has 0 aliphatic heterocycles. The van der Waals surface area contributed by atoms with Crippen molar-refractivity contribution >= 4 is 27.5 Å². The second-order valence-corrected chi connectivity index (χ2v) is 5.92. The molecule has 0 amide bonds. The average Bonchev–Trinajstić information content (AvgIpc) is 2.45. The zero-order valence-electron chi connectivity index (χ0n) is 11.3. The Balaban J connectivity index is 2.18. The first-order chi connectivity index (χ1) is 9.61. The average molecular weight is 355 g/mol. The third-order valence-electron chi connectivity index (χ3n) is 3.23. The zero-order chi connectivity index (χ0) is 14.5. The molecule has 0 radical (unpaired) electrons. The van der Waals surface area contributed by atoms with Crippen LogP contribution in [0.2, 0.25) is 5.02 Å². The fraction of sp³-hybridized carbons (Fsp3) is 0.250. The Hall–Kier alpha value is -0.870. The Labute approximate surface area is 133 Å². The number of hydrogen-bond donors (Lipinski definition) is 1. The maximum Gasteiger partial charge on any atom is 0.0562 e. The first-order valence-corrected chi connectivity index (χ1v) is 7.57. The molecule has 0 fully saturated rings. The van der Waals surface area contributed by atoms with E-state index in [0.29, 0.717) is 5.02 Å². The van der Waals surface area contributed by atoms with Gasteiger partial charge in [0, 0.05) is 16.6 Å². The van der Waals surface area contributed by atoms with Crippen LogP contribution in [0.3, 0.4) is 0 Å². The van der Waals surface area contributed by atoms with Gasteiger partial charge in [0.05, 0.1) is 12.6 Å². The lowest BCUT2D eigenvalue weighted by Gasteiger charge is -2.15. The van der Waals surface area contributed by atoms with E-state index in [0.717, 1.165) is 28.6 Å². The van der Waals surface area contributed by atoms with Crippen molar-refractivity contribution < 1.29 is 4.74 Å². The Morgan fingerprint density at radius 2 is 1.90 bits per heavy atom. The number of methoxy groups -OCH3 is 1. The summed E-state index contributed by atoms with van der Waals surface area (Å²) < 4.78 is 6.01. The molecule has 0 aliphatic carbocycles. The van der Waals surface area contributed by atoms with Crippen LogP contribution in [0.1, 0.15) is 22.7 Å². The molecule has 2 rings (SSSR count). The topological polar surface area (TPSA) is 35.2 Å². The van der Waals surface area contributed by atoms with Gasteiger partial charge < -0.3 is 10.5 Å². The molecule has 0 saturated carbocycles. The fourth-order valence-electron chi connectivity index (χ4n) is 2.04. The molecule has 0 spiro atoms. The highest BCUT2D eigenvalue weighted by Crippen LogP contribution is 2.29. The van der Waals surface area contributed by atoms with Crippen LogP contribution in [0.15, 0.2) is 46.9 Å². The molecule has 0 aromatic heterocycles. The highest BCUT2D eigenvalue weighted by atomic mass is 79.9. The summed E-state index contributed by atoms with van der Waals surface area (Å²) in [5.74, 6) is 0. The van der Waals surface area contributed by atoms with Crippen molar-refractivity contribution in [3.8, 4) is 0 Å². The number of hydrogen-bond acceptors (Lipinski definition) is 2. The molecule has 0 bridgehead atoms. The summed E-state index contributed by atoms with van der Waals surface area (Å²) in [6.45, 7) is 0.730. The van der Waals surface area contributed by atoms with Crippen LogP contribution in [-0.4, -0.2) is 13.7 Å².